The molecule has 0 radical (unpaired) electrons. The maximum absolute atomic E-state index is 10.8. The maximum Gasteiger partial charge on any atom is 0.303 e. The molecular weight excluding hydrogens is 144 g/mol. The molecule has 0 amide bonds. The summed E-state index contributed by atoms with van der Waals surface area (Å²) in [5, 5.41) is 8.35. The molecule has 0 spiro atoms. The van der Waals surface area contributed by atoms with Crippen LogP contribution in [0.2, 0.25) is 0 Å². The lowest BCUT2D eigenvalue weighted by Gasteiger charge is -2.03. The Balaban J connectivity index is 2.18. The number of hydrogen-bond donors (Lipinski definition) is 1. The van der Waals surface area contributed by atoms with Crippen LogP contribution in [0, 0.1) is 5.92 Å². The van der Waals surface area contributed by atoms with Crippen LogP contribution in [0.25, 0.3) is 0 Å². The summed E-state index contributed by atoms with van der Waals surface area (Å²) in [5.41, 5.74) is 0. The highest BCUT2D eigenvalue weighted by molar-refractivity contribution is 5.80. The number of hydrogen-bond acceptors (Lipinski definition) is 2. The Morgan fingerprint density at radius 3 is 2.82 bits per heavy atom. The fourth-order valence-electron chi connectivity index (χ4n) is 1.47. The van der Waals surface area contributed by atoms with Gasteiger partial charge in [-0.1, -0.05) is 0 Å². The molecule has 0 aliphatic heterocycles. The minimum absolute atomic E-state index is 0.206. The van der Waals surface area contributed by atoms with Crippen LogP contribution < -0.4 is 0 Å². The minimum Gasteiger partial charge on any atom is -0.481 e. The van der Waals surface area contributed by atoms with Crippen molar-refractivity contribution < 1.29 is 14.7 Å². The first-order chi connectivity index (χ1) is 5.18. The SMILES string of the molecule is O=C(O)CCC1CCC(=O)C1. The van der Waals surface area contributed by atoms with Gasteiger partial charge in [-0.05, 0) is 18.8 Å². The molecule has 0 heterocycles. The molecule has 1 rings (SSSR count). The Hall–Kier alpha value is -0.860. The first kappa shape index (κ1) is 8.24. The Bertz CT molecular complexity index is 174. The van der Waals surface area contributed by atoms with Crippen LogP contribution >= 0.6 is 0 Å². The summed E-state index contributed by atoms with van der Waals surface area (Å²) >= 11 is 0. The lowest BCUT2D eigenvalue weighted by atomic mass is 10.0. The fourth-order valence-corrected chi connectivity index (χ4v) is 1.47. The van der Waals surface area contributed by atoms with Gasteiger partial charge in [0, 0.05) is 19.3 Å². The monoisotopic (exact) mass is 156 g/mol. The summed E-state index contributed by atoms with van der Waals surface area (Å²) in [6, 6.07) is 0. The Morgan fingerprint density at radius 2 is 2.36 bits per heavy atom. The smallest absolute Gasteiger partial charge is 0.303 e. The van der Waals surface area contributed by atoms with Gasteiger partial charge in [-0.2, -0.15) is 0 Å². The van der Waals surface area contributed by atoms with E-state index in [0.29, 0.717) is 31.0 Å². The summed E-state index contributed by atoms with van der Waals surface area (Å²) in [4.78, 5) is 20.9. The van der Waals surface area contributed by atoms with Gasteiger partial charge >= 0.3 is 5.97 Å². The quantitative estimate of drug-likeness (QED) is 0.668. The highest BCUT2D eigenvalue weighted by Crippen LogP contribution is 2.25. The van der Waals surface area contributed by atoms with Crippen LogP contribution in [0.4, 0.5) is 0 Å². The third kappa shape index (κ3) is 2.70. The third-order valence-corrected chi connectivity index (χ3v) is 2.11. The average Bonchev–Trinajstić information content (AvgIpc) is 2.31. The molecule has 62 valence electrons. The van der Waals surface area contributed by atoms with Crippen LogP contribution in [0.15, 0.2) is 0 Å². The second kappa shape index (κ2) is 3.51. The minimum atomic E-state index is -0.760. The van der Waals surface area contributed by atoms with E-state index in [2.05, 4.69) is 0 Å². The number of carboxylic acids is 1. The molecule has 0 aromatic rings. The summed E-state index contributed by atoms with van der Waals surface area (Å²) in [5.74, 6) is -0.122. The van der Waals surface area contributed by atoms with Gasteiger partial charge in [0.05, 0.1) is 0 Å². The summed E-state index contributed by atoms with van der Waals surface area (Å²) in [7, 11) is 0. The van der Waals surface area contributed by atoms with Crippen molar-refractivity contribution in [1.29, 1.82) is 0 Å². The molecule has 1 aliphatic rings. The molecule has 1 atom stereocenters. The normalized spacial score (nSPS) is 24.0. The van der Waals surface area contributed by atoms with Gasteiger partial charge in [0.2, 0.25) is 0 Å². The molecule has 0 aromatic heterocycles. The fraction of sp³-hybridized carbons (Fsp3) is 0.750. The van der Waals surface area contributed by atoms with Crippen LogP contribution in [0.5, 0.6) is 0 Å². The zero-order valence-electron chi connectivity index (χ0n) is 6.38. The van der Waals surface area contributed by atoms with Gasteiger partial charge in [0.15, 0.2) is 0 Å². The third-order valence-electron chi connectivity index (χ3n) is 2.11. The van der Waals surface area contributed by atoms with Crippen molar-refractivity contribution in [2.75, 3.05) is 0 Å². The Kier molecular flexibility index (Phi) is 2.63. The molecule has 0 aromatic carbocycles. The standard InChI is InChI=1S/C8H12O3/c9-7-3-1-6(5-7)2-4-8(10)11/h6H,1-5H2,(H,10,11). The van der Waals surface area contributed by atoms with Gasteiger partial charge in [-0.3, -0.25) is 9.59 Å². The Labute approximate surface area is 65.4 Å². The van der Waals surface area contributed by atoms with Crippen molar-refractivity contribution in [3.05, 3.63) is 0 Å². The van der Waals surface area contributed by atoms with E-state index in [1.54, 1.807) is 0 Å². The predicted molar refractivity (Wildman–Crippen MR) is 39.2 cm³/mol. The highest BCUT2D eigenvalue weighted by atomic mass is 16.4. The van der Waals surface area contributed by atoms with Crippen molar-refractivity contribution in [2.24, 2.45) is 5.92 Å². The van der Waals surface area contributed by atoms with Crippen molar-refractivity contribution in [3.63, 3.8) is 0 Å². The van der Waals surface area contributed by atoms with Crippen molar-refractivity contribution >= 4 is 11.8 Å². The molecule has 3 nitrogen and oxygen atoms in total. The molecule has 1 unspecified atom stereocenters. The number of ketones is 1. The average molecular weight is 156 g/mol. The lowest BCUT2D eigenvalue weighted by Crippen LogP contribution is -2.01. The summed E-state index contributed by atoms with van der Waals surface area (Å²) in [6.07, 6.45) is 3.03. The second-order valence-electron chi connectivity index (χ2n) is 3.08. The van der Waals surface area contributed by atoms with E-state index in [0.717, 1.165) is 6.42 Å². The molecular formula is C8H12O3. The zero-order valence-corrected chi connectivity index (χ0v) is 6.38. The molecule has 11 heavy (non-hydrogen) atoms. The largest absolute Gasteiger partial charge is 0.481 e. The van der Waals surface area contributed by atoms with Crippen molar-refractivity contribution in [1.82, 2.24) is 0 Å². The van der Waals surface area contributed by atoms with E-state index < -0.39 is 5.97 Å². The van der Waals surface area contributed by atoms with Crippen LogP contribution in [-0.2, 0) is 9.59 Å². The lowest BCUT2D eigenvalue weighted by molar-refractivity contribution is -0.137. The molecule has 0 bridgehead atoms. The predicted octanol–water partition coefficient (Wildman–Crippen LogP) is 1.22. The van der Waals surface area contributed by atoms with Crippen molar-refractivity contribution in [2.45, 2.75) is 32.1 Å². The number of Topliss-reactive ketones (excluding diaryl/α,β-unsaturated/α-hetero) is 1. The van der Waals surface area contributed by atoms with E-state index in [1.807, 2.05) is 0 Å². The molecule has 1 saturated carbocycles. The topological polar surface area (TPSA) is 54.4 Å². The van der Waals surface area contributed by atoms with E-state index >= 15 is 0 Å². The van der Waals surface area contributed by atoms with E-state index in [1.165, 1.54) is 0 Å². The Morgan fingerprint density at radius 1 is 1.64 bits per heavy atom. The maximum atomic E-state index is 10.8. The second-order valence-corrected chi connectivity index (χ2v) is 3.08. The molecule has 0 saturated heterocycles. The van der Waals surface area contributed by atoms with Gasteiger partial charge in [0.25, 0.3) is 0 Å². The summed E-state index contributed by atoms with van der Waals surface area (Å²) < 4.78 is 0. The molecule has 1 fully saturated rings. The number of carbonyl (C=O) groups is 2. The highest BCUT2D eigenvalue weighted by Gasteiger charge is 2.21. The molecule has 3 heteroatoms. The zero-order chi connectivity index (χ0) is 8.27. The van der Waals surface area contributed by atoms with Crippen LogP contribution in [-0.4, -0.2) is 16.9 Å². The van der Waals surface area contributed by atoms with Gasteiger partial charge in [-0.15, -0.1) is 0 Å². The summed E-state index contributed by atoms with van der Waals surface area (Å²) in [6.45, 7) is 0. The van der Waals surface area contributed by atoms with Gasteiger partial charge < -0.3 is 5.11 Å². The van der Waals surface area contributed by atoms with Crippen LogP contribution in [0.1, 0.15) is 32.1 Å². The molecule has 1 aliphatic carbocycles. The van der Waals surface area contributed by atoms with E-state index in [9.17, 15) is 9.59 Å². The number of carboxylic acid groups (broad SMARTS) is 1. The van der Waals surface area contributed by atoms with E-state index in [4.69, 9.17) is 5.11 Å². The van der Waals surface area contributed by atoms with Gasteiger partial charge in [0.1, 0.15) is 5.78 Å². The number of aliphatic carboxylic acids is 1. The van der Waals surface area contributed by atoms with E-state index in [-0.39, 0.29) is 6.42 Å². The number of carbonyl (C=O) groups excluding carboxylic acids is 1. The molecule has 1 N–H and O–H groups in total. The van der Waals surface area contributed by atoms with Crippen LogP contribution in [0.3, 0.4) is 0 Å². The number of rotatable bonds is 3. The van der Waals surface area contributed by atoms with Crippen molar-refractivity contribution in [3.8, 4) is 0 Å². The van der Waals surface area contributed by atoms with Gasteiger partial charge in [-0.25, -0.2) is 0 Å². The first-order valence-electron chi connectivity index (χ1n) is 3.92. The first-order valence-corrected chi connectivity index (χ1v) is 3.92.